The molecule has 0 rings (SSSR count). The highest BCUT2D eigenvalue weighted by Gasteiger charge is 2.17. The van der Waals surface area contributed by atoms with Crippen molar-refractivity contribution in [1.82, 2.24) is 10.6 Å². The lowest BCUT2D eigenvalue weighted by atomic mass is 10.1. The molecule has 0 saturated carbocycles. The van der Waals surface area contributed by atoms with Crippen LogP contribution in [0, 0.1) is 0 Å². The van der Waals surface area contributed by atoms with Crippen LogP contribution in [0.4, 0.5) is 0 Å². The average molecular weight is 200 g/mol. The molecule has 5 heteroatoms. The fraction of sp³-hybridized carbons (Fsp3) is 0.556. The van der Waals surface area contributed by atoms with Crippen molar-refractivity contribution in [3.8, 4) is 0 Å². The number of hydrogen-bond acceptors (Lipinski definition) is 3. The number of aliphatic carboxylic acids is 1. The molecule has 0 heterocycles. The van der Waals surface area contributed by atoms with Gasteiger partial charge in [-0.2, -0.15) is 0 Å². The van der Waals surface area contributed by atoms with E-state index in [0.29, 0.717) is 12.8 Å². The number of hydrogen-bond donors (Lipinski definition) is 3. The molecule has 1 unspecified atom stereocenters. The maximum absolute atomic E-state index is 10.9. The Bertz CT molecular complexity index is 216. The van der Waals surface area contributed by atoms with E-state index in [2.05, 4.69) is 17.2 Å². The number of carbonyl (C=O) groups is 2. The van der Waals surface area contributed by atoms with E-state index in [1.165, 1.54) is 0 Å². The van der Waals surface area contributed by atoms with E-state index < -0.39 is 17.9 Å². The fourth-order valence-corrected chi connectivity index (χ4v) is 0.971. The van der Waals surface area contributed by atoms with E-state index in [0.717, 1.165) is 12.6 Å². The van der Waals surface area contributed by atoms with Gasteiger partial charge in [-0.15, -0.1) is 0 Å². The van der Waals surface area contributed by atoms with E-state index in [1.54, 1.807) is 7.05 Å². The zero-order chi connectivity index (χ0) is 11.0. The van der Waals surface area contributed by atoms with Crippen LogP contribution in [0.5, 0.6) is 0 Å². The molecule has 0 saturated heterocycles. The van der Waals surface area contributed by atoms with Gasteiger partial charge in [0.1, 0.15) is 6.04 Å². The normalized spacial score (nSPS) is 11.8. The third-order valence-corrected chi connectivity index (χ3v) is 1.72. The molecule has 80 valence electrons. The average Bonchev–Trinajstić information content (AvgIpc) is 2.16. The molecule has 0 spiro atoms. The lowest BCUT2D eigenvalue weighted by Crippen LogP contribution is -2.40. The summed E-state index contributed by atoms with van der Waals surface area (Å²) in [5.74, 6) is -1.47. The molecule has 0 aromatic heterocycles. The molecule has 0 aliphatic heterocycles. The Morgan fingerprint density at radius 2 is 2.21 bits per heavy atom. The first kappa shape index (κ1) is 12.6. The molecule has 0 aromatic carbocycles. The zero-order valence-electron chi connectivity index (χ0n) is 8.25. The van der Waals surface area contributed by atoms with Gasteiger partial charge in [0.2, 0.25) is 5.91 Å². The Hall–Kier alpha value is -1.36. The molecule has 0 radical (unpaired) electrons. The van der Waals surface area contributed by atoms with Crippen molar-refractivity contribution in [2.24, 2.45) is 0 Å². The first-order valence-electron chi connectivity index (χ1n) is 4.42. The van der Waals surface area contributed by atoms with Crippen LogP contribution in [0.1, 0.15) is 12.8 Å². The second-order valence-corrected chi connectivity index (χ2v) is 2.85. The quantitative estimate of drug-likeness (QED) is 0.391. The first-order valence-corrected chi connectivity index (χ1v) is 4.42. The molecule has 14 heavy (non-hydrogen) atoms. The van der Waals surface area contributed by atoms with Gasteiger partial charge in [-0.05, 0) is 32.5 Å². The monoisotopic (exact) mass is 200 g/mol. The minimum Gasteiger partial charge on any atom is -0.480 e. The Kier molecular flexibility index (Phi) is 6.39. The SMILES string of the molecule is C=CC(=O)NC(CCCNC)C(=O)O. The minimum absolute atomic E-state index is 0.412. The van der Waals surface area contributed by atoms with E-state index in [9.17, 15) is 9.59 Å². The summed E-state index contributed by atoms with van der Waals surface area (Å²) in [5, 5.41) is 14.0. The van der Waals surface area contributed by atoms with Crippen LogP contribution < -0.4 is 10.6 Å². The molecule has 0 bridgehead atoms. The van der Waals surface area contributed by atoms with Crippen LogP contribution in [-0.2, 0) is 9.59 Å². The van der Waals surface area contributed by atoms with E-state index in [-0.39, 0.29) is 0 Å². The van der Waals surface area contributed by atoms with Gasteiger partial charge < -0.3 is 15.7 Å². The van der Waals surface area contributed by atoms with Gasteiger partial charge in [0, 0.05) is 0 Å². The summed E-state index contributed by atoms with van der Waals surface area (Å²) in [5.41, 5.74) is 0. The van der Waals surface area contributed by atoms with Crippen LogP contribution in [0.3, 0.4) is 0 Å². The number of carboxylic acid groups (broad SMARTS) is 1. The van der Waals surface area contributed by atoms with Gasteiger partial charge in [-0.3, -0.25) is 4.79 Å². The van der Waals surface area contributed by atoms with Crippen LogP contribution in [0.25, 0.3) is 0 Å². The van der Waals surface area contributed by atoms with Gasteiger partial charge in [0.15, 0.2) is 0 Å². The van der Waals surface area contributed by atoms with Gasteiger partial charge in [0.25, 0.3) is 0 Å². The van der Waals surface area contributed by atoms with Crippen molar-refractivity contribution in [3.63, 3.8) is 0 Å². The molecular formula is C9H16N2O3. The Morgan fingerprint density at radius 1 is 1.57 bits per heavy atom. The number of rotatable bonds is 7. The molecule has 1 amide bonds. The topological polar surface area (TPSA) is 78.4 Å². The van der Waals surface area contributed by atoms with Gasteiger partial charge in [-0.25, -0.2) is 4.79 Å². The predicted octanol–water partition coefficient (Wildman–Crippen LogP) is -0.259. The second kappa shape index (κ2) is 7.08. The van der Waals surface area contributed by atoms with Crippen molar-refractivity contribution in [1.29, 1.82) is 0 Å². The summed E-state index contributed by atoms with van der Waals surface area (Å²) < 4.78 is 0. The third kappa shape index (κ3) is 5.31. The van der Waals surface area contributed by atoms with Crippen LogP contribution in [0.2, 0.25) is 0 Å². The number of amides is 1. The van der Waals surface area contributed by atoms with Gasteiger partial charge in [-0.1, -0.05) is 6.58 Å². The van der Waals surface area contributed by atoms with Crippen molar-refractivity contribution in [3.05, 3.63) is 12.7 Å². The predicted molar refractivity (Wildman–Crippen MR) is 52.9 cm³/mol. The lowest BCUT2D eigenvalue weighted by molar-refractivity contribution is -0.141. The maximum atomic E-state index is 10.9. The van der Waals surface area contributed by atoms with Crippen molar-refractivity contribution < 1.29 is 14.7 Å². The molecule has 0 aromatic rings. The molecule has 5 nitrogen and oxygen atoms in total. The van der Waals surface area contributed by atoms with E-state index >= 15 is 0 Å². The fourth-order valence-electron chi connectivity index (χ4n) is 0.971. The number of carbonyl (C=O) groups excluding carboxylic acids is 1. The van der Waals surface area contributed by atoms with Gasteiger partial charge in [0.05, 0.1) is 0 Å². The smallest absolute Gasteiger partial charge is 0.326 e. The minimum atomic E-state index is -1.02. The van der Waals surface area contributed by atoms with Crippen LogP contribution in [0.15, 0.2) is 12.7 Å². The summed E-state index contributed by atoms with van der Waals surface area (Å²) in [4.78, 5) is 21.5. The maximum Gasteiger partial charge on any atom is 0.326 e. The molecule has 0 aliphatic carbocycles. The van der Waals surface area contributed by atoms with Crippen LogP contribution >= 0.6 is 0 Å². The second-order valence-electron chi connectivity index (χ2n) is 2.85. The Morgan fingerprint density at radius 3 is 2.64 bits per heavy atom. The summed E-state index contributed by atoms with van der Waals surface area (Å²) in [7, 11) is 1.79. The number of carboxylic acids is 1. The summed E-state index contributed by atoms with van der Waals surface area (Å²) in [6.07, 6.45) is 2.18. The molecule has 1 atom stereocenters. The first-order chi connectivity index (χ1) is 6.61. The highest BCUT2D eigenvalue weighted by molar-refractivity contribution is 5.90. The van der Waals surface area contributed by atoms with Crippen molar-refractivity contribution in [2.75, 3.05) is 13.6 Å². The Labute approximate surface area is 83.2 Å². The molecule has 0 aliphatic rings. The Balaban J connectivity index is 3.96. The highest BCUT2D eigenvalue weighted by Crippen LogP contribution is 1.96. The van der Waals surface area contributed by atoms with Gasteiger partial charge >= 0.3 is 5.97 Å². The molecule has 0 fully saturated rings. The number of nitrogens with one attached hydrogen (secondary N) is 2. The molecular weight excluding hydrogens is 184 g/mol. The molecule has 3 N–H and O–H groups in total. The van der Waals surface area contributed by atoms with Crippen LogP contribution in [-0.4, -0.2) is 36.6 Å². The summed E-state index contributed by atoms with van der Waals surface area (Å²) in [6.45, 7) is 3.98. The summed E-state index contributed by atoms with van der Waals surface area (Å²) in [6, 6.07) is -0.825. The third-order valence-electron chi connectivity index (χ3n) is 1.72. The lowest BCUT2D eigenvalue weighted by Gasteiger charge is -2.12. The highest BCUT2D eigenvalue weighted by atomic mass is 16.4. The standard InChI is InChI=1S/C9H16N2O3/c1-3-8(12)11-7(9(13)14)5-4-6-10-2/h3,7,10H,1,4-6H2,2H3,(H,11,12)(H,13,14). The van der Waals surface area contributed by atoms with E-state index in [4.69, 9.17) is 5.11 Å². The van der Waals surface area contributed by atoms with Crippen molar-refractivity contribution >= 4 is 11.9 Å². The van der Waals surface area contributed by atoms with E-state index in [1.807, 2.05) is 0 Å². The zero-order valence-corrected chi connectivity index (χ0v) is 8.25. The van der Waals surface area contributed by atoms with Crippen molar-refractivity contribution in [2.45, 2.75) is 18.9 Å². The largest absolute Gasteiger partial charge is 0.480 e. The summed E-state index contributed by atoms with van der Waals surface area (Å²) >= 11 is 0.